The summed E-state index contributed by atoms with van der Waals surface area (Å²) in [6.45, 7) is 0.292. The Morgan fingerprint density at radius 3 is 2.07 bits per heavy atom. The second-order valence-electron chi connectivity index (χ2n) is 9.32. The lowest BCUT2D eigenvalue weighted by molar-refractivity contribution is -0.146. The molecule has 4 fully saturated rings. The van der Waals surface area contributed by atoms with Gasteiger partial charge in [-0.1, -0.05) is 12.1 Å². The minimum Gasteiger partial charge on any atom is -0.497 e. The highest BCUT2D eigenvalue weighted by Gasteiger charge is 2.54. The van der Waals surface area contributed by atoms with Crippen molar-refractivity contribution in [3.8, 4) is 5.75 Å². The SMILES string of the molecule is COc1ccc(CC(=O)NNC(=O)CCNC(=O)C23CC4CC(CC(C4)C2)C3)cc1. The minimum absolute atomic E-state index is 0.123. The molecule has 1 aromatic carbocycles. The van der Waals surface area contributed by atoms with Crippen molar-refractivity contribution in [3.63, 3.8) is 0 Å². The van der Waals surface area contributed by atoms with Crippen molar-refractivity contribution in [3.05, 3.63) is 29.8 Å². The highest BCUT2D eigenvalue weighted by Crippen LogP contribution is 2.60. The van der Waals surface area contributed by atoms with Crippen LogP contribution in [0.5, 0.6) is 5.75 Å². The summed E-state index contributed by atoms with van der Waals surface area (Å²) in [4.78, 5) is 36.9. The van der Waals surface area contributed by atoms with Crippen molar-refractivity contribution in [2.45, 2.75) is 51.4 Å². The molecule has 4 aliphatic carbocycles. The van der Waals surface area contributed by atoms with Gasteiger partial charge in [-0.05, 0) is 74.0 Å². The zero-order valence-electron chi connectivity index (χ0n) is 17.5. The normalized spacial score (nSPS) is 28.6. The molecule has 7 nitrogen and oxygen atoms in total. The topological polar surface area (TPSA) is 96.5 Å². The molecule has 0 heterocycles. The standard InChI is InChI=1S/C23H31N3O4/c1-30-19-4-2-15(3-5-19)11-21(28)26-25-20(27)6-7-24-22(29)23-12-16-8-17(13-23)10-18(9-16)14-23/h2-5,16-18H,6-14H2,1H3,(H,24,29)(H,25,27)(H,26,28). The first kappa shape index (κ1) is 20.7. The third-order valence-corrected chi connectivity index (χ3v) is 7.02. The Kier molecular flexibility index (Phi) is 5.97. The highest BCUT2D eigenvalue weighted by molar-refractivity contribution is 5.85. The quantitative estimate of drug-likeness (QED) is 0.597. The molecule has 4 bridgehead atoms. The third kappa shape index (κ3) is 4.60. The first-order chi connectivity index (χ1) is 14.5. The van der Waals surface area contributed by atoms with Gasteiger partial charge in [-0.15, -0.1) is 0 Å². The maximum Gasteiger partial charge on any atom is 0.242 e. The van der Waals surface area contributed by atoms with Gasteiger partial charge in [-0.2, -0.15) is 0 Å². The second-order valence-corrected chi connectivity index (χ2v) is 9.32. The van der Waals surface area contributed by atoms with Crippen LogP contribution in [0.1, 0.15) is 50.5 Å². The largest absolute Gasteiger partial charge is 0.497 e. The average molecular weight is 414 g/mol. The number of carbonyl (C=O) groups excluding carboxylic acids is 3. The van der Waals surface area contributed by atoms with Crippen LogP contribution in [-0.2, 0) is 20.8 Å². The van der Waals surface area contributed by atoms with Crippen LogP contribution in [0, 0.1) is 23.2 Å². The fourth-order valence-corrected chi connectivity index (χ4v) is 6.04. The summed E-state index contributed by atoms with van der Waals surface area (Å²) in [7, 11) is 1.59. The first-order valence-electron chi connectivity index (χ1n) is 10.9. The molecular formula is C23H31N3O4. The van der Waals surface area contributed by atoms with Gasteiger partial charge in [-0.25, -0.2) is 0 Å². The summed E-state index contributed by atoms with van der Waals surface area (Å²) in [6.07, 6.45) is 7.23. The number of hydrogen-bond donors (Lipinski definition) is 3. The van der Waals surface area contributed by atoms with Crippen molar-refractivity contribution >= 4 is 17.7 Å². The molecule has 4 saturated carbocycles. The molecule has 5 rings (SSSR count). The van der Waals surface area contributed by atoms with Gasteiger partial charge in [0.25, 0.3) is 0 Å². The third-order valence-electron chi connectivity index (χ3n) is 7.02. The Morgan fingerprint density at radius 2 is 1.50 bits per heavy atom. The second kappa shape index (κ2) is 8.66. The molecule has 0 aliphatic heterocycles. The number of amides is 3. The number of hydrazine groups is 1. The zero-order valence-corrected chi connectivity index (χ0v) is 17.5. The molecule has 0 unspecified atom stereocenters. The number of nitrogens with one attached hydrogen (secondary N) is 3. The van der Waals surface area contributed by atoms with Gasteiger partial charge < -0.3 is 10.1 Å². The van der Waals surface area contributed by atoms with Crippen LogP contribution in [0.25, 0.3) is 0 Å². The van der Waals surface area contributed by atoms with Crippen molar-refractivity contribution < 1.29 is 19.1 Å². The number of methoxy groups -OCH3 is 1. The molecule has 4 aliphatic rings. The molecule has 7 heteroatoms. The van der Waals surface area contributed by atoms with E-state index in [9.17, 15) is 14.4 Å². The maximum absolute atomic E-state index is 12.9. The molecule has 1 aromatic rings. The predicted octanol–water partition coefficient (Wildman–Crippen LogP) is 2.11. The van der Waals surface area contributed by atoms with Gasteiger partial charge in [0, 0.05) is 18.4 Å². The lowest BCUT2D eigenvalue weighted by Gasteiger charge is -2.55. The van der Waals surface area contributed by atoms with E-state index in [2.05, 4.69) is 16.2 Å². The molecule has 0 saturated heterocycles. The van der Waals surface area contributed by atoms with E-state index in [4.69, 9.17) is 4.74 Å². The molecule has 30 heavy (non-hydrogen) atoms. The number of hydrogen-bond acceptors (Lipinski definition) is 4. The smallest absolute Gasteiger partial charge is 0.242 e. The van der Waals surface area contributed by atoms with Gasteiger partial charge in [0.15, 0.2) is 0 Å². The average Bonchev–Trinajstić information content (AvgIpc) is 2.72. The molecule has 162 valence electrons. The number of rotatable bonds is 7. The fourth-order valence-electron chi connectivity index (χ4n) is 6.04. The number of ether oxygens (including phenoxy) is 1. The van der Waals surface area contributed by atoms with Crippen molar-refractivity contribution in [1.82, 2.24) is 16.2 Å². The van der Waals surface area contributed by atoms with E-state index in [1.807, 2.05) is 0 Å². The van der Waals surface area contributed by atoms with Crippen molar-refractivity contribution in [2.75, 3.05) is 13.7 Å². The first-order valence-corrected chi connectivity index (χ1v) is 10.9. The summed E-state index contributed by atoms with van der Waals surface area (Å²) in [5, 5.41) is 2.98. The molecule has 0 spiro atoms. The Morgan fingerprint density at radius 1 is 0.933 bits per heavy atom. The Bertz CT molecular complexity index is 770. The van der Waals surface area contributed by atoms with Crippen LogP contribution in [0.4, 0.5) is 0 Å². The predicted molar refractivity (Wildman–Crippen MR) is 111 cm³/mol. The van der Waals surface area contributed by atoms with Crippen LogP contribution in [-0.4, -0.2) is 31.4 Å². The Labute approximate surface area is 177 Å². The van der Waals surface area contributed by atoms with E-state index < -0.39 is 0 Å². The molecule has 0 aromatic heterocycles. The van der Waals surface area contributed by atoms with Gasteiger partial charge in [0.05, 0.1) is 13.5 Å². The molecule has 0 radical (unpaired) electrons. The van der Waals surface area contributed by atoms with Crippen molar-refractivity contribution in [1.29, 1.82) is 0 Å². The van der Waals surface area contributed by atoms with E-state index in [0.29, 0.717) is 24.3 Å². The number of benzene rings is 1. The molecule has 0 atom stereocenters. The van der Waals surface area contributed by atoms with E-state index in [1.54, 1.807) is 31.4 Å². The fraction of sp³-hybridized carbons (Fsp3) is 0.609. The van der Waals surface area contributed by atoms with Crippen LogP contribution >= 0.6 is 0 Å². The minimum atomic E-state index is -0.316. The lowest BCUT2D eigenvalue weighted by Crippen LogP contribution is -2.54. The van der Waals surface area contributed by atoms with Gasteiger partial charge in [-0.3, -0.25) is 25.2 Å². The molecular weight excluding hydrogens is 382 g/mol. The van der Waals surface area contributed by atoms with Crippen LogP contribution in [0.2, 0.25) is 0 Å². The van der Waals surface area contributed by atoms with Crippen LogP contribution in [0.15, 0.2) is 24.3 Å². The summed E-state index contributed by atoms with van der Waals surface area (Å²) in [6, 6.07) is 7.18. The van der Waals surface area contributed by atoms with Gasteiger partial charge in [0.2, 0.25) is 17.7 Å². The van der Waals surface area contributed by atoms with Crippen LogP contribution in [0.3, 0.4) is 0 Å². The number of carbonyl (C=O) groups is 3. The van der Waals surface area contributed by atoms with E-state index >= 15 is 0 Å². The van der Waals surface area contributed by atoms with E-state index in [-0.39, 0.29) is 36.0 Å². The maximum atomic E-state index is 12.9. The molecule has 3 N–H and O–H groups in total. The Balaban J connectivity index is 1.15. The van der Waals surface area contributed by atoms with E-state index in [0.717, 1.165) is 30.6 Å². The zero-order chi connectivity index (χ0) is 21.1. The Hall–Kier alpha value is -2.57. The summed E-state index contributed by atoms with van der Waals surface area (Å²) < 4.78 is 5.09. The van der Waals surface area contributed by atoms with Gasteiger partial charge >= 0.3 is 0 Å². The van der Waals surface area contributed by atoms with Gasteiger partial charge in [0.1, 0.15) is 5.75 Å². The summed E-state index contributed by atoms with van der Waals surface area (Å²) in [5.74, 6) is 2.37. The highest BCUT2D eigenvalue weighted by atomic mass is 16.5. The van der Waals surface area contributed by atoms with E-state index in [1.165, 1.54) is 19.3 Å². The summed E-state index contributed by atoms with van der Waals surface area (Å²) in [5.41, 5.74) is 5.47. The lowest BCUT2D eigenvalue weighted by atomic mass is 9.49. The van der Waals surface area contributed by atoms with Crippen molar-refractivity contribution in [2.24, 2.45) is 23.2 Å². The molecule has 3 amide bonds. The van der Waals surface area contributed by atoms with Crippen LogP contribution < -0.4 is 20.9 Å². The monoisotopic (exact) mass is 413 g/mol. The summed E-state index contributed by atoms with van der Waals surface area (Å²) >= 11 is 0.